The van der Waals surface area contributed by atoms with Crippen LogP contribution in [0, 0.1) is 6.92 Å². The Balaban J connectivity index is 1.17. The van der Waals surface area contributed by atoms with Crippen LogP contribution in [0.4, 0.5) is 0 Å². The van der Waals surface area contributed by atoms with Gasteiger partial charge in [0.25, 0.3) is 11.8 Å². The Morgan fingerprint density at radius 1 is 1.10 bits per heavy atom. The molecule has 1 aliphatic heterocycles. The molecule has 0 bridgehead atoms. The van der Waals surface area contributed by atoms with Crippen LogP contribution >= 0.6 is 0 Å². The van der Waals surface area contributed by atoms with Crippen LogP contribution < -0.4 is 5.32 Å². The van der Waals surface area contributed by atoms with E-state index in [2.05, 4.69) is 15.4 Å². The summed E-state index contributed by atoms with van der Waals surface area (Å²) < 4.78 is 1.77. The molecular formula is C22H23N5O3. The van der Waals surface area contributed by atoms with E-state index in [9.17, 15) is 14.4 Å². The first-order valence-corrected chi connectivity index (χ1v) is 10.1. The predicted molar refractivity (Wildman–Crippen MR) is 110 cm³/mol. The highest BCUT2D eigenvalue weighted by Crippen LogP contribution is 2.22. The van der Waals surface area contributed by atoms with E-state index >= 15 is 0 Å². The van der Waals surface area contributed by atoms with Crippen molar-refractivity contribution in [3.8, 4) is 0 Å². The molecule has 2 aromatic heterocycles. The Morgan fingerprint density at radius 3 is 2.57 bits per heavy atom. The molecule has 0 spiro atoms. The van der Waals surface area contributed by atoms with Crippen molar-refractivity contribution in [2.24, 2.45) is 0 Å². The zero-order chi connectivity index (χ0) is 21.1. The van der Waals surface area contributed by atoms with Gasteiger partial charge in [-0.15, -0.1) is 0 Å². The Hall–Kier alpha value is -3.55. The SMILES string of the molecule is Cc1cc2ncc(CCCNC(=O)CCCN3C(=O)c4ccccc4C3=O)cn2n1. The summed E-state index contributed by atoms with van der Waals surface area (Å²) in [4.78, 5) is 42.3. The number of nitrogens with zero attached hydrogens (tertiary/aromatic N) is 4. The zero-order valence-corrected chi connectivity index (χ0v) is 16.8. The third kappa shape index (κ3) is 4.07. The number of fused-ring (bicyclic) bond motifs is 2. The van der Waals surface area contributed by atoms with Crippen molar-refractivity contribution < 1.29 is 14.4 Å². The lowest BCUT2D eigenvalue weighted by atomic mass is 10.1. The van der Waals surface area contributed by atoms with Gasteiger partial charge in [0.1, 0.15) is 0 Å². The van der Waals surface area contributed by atoms with E-state index in [0.29, 0.717) is 24.1 Å². The maximum atomic E-state index is 12.3. The first-order valence-electron chi connectivity index (χ1n) is 10.1. The summed E-state index contributed by atoms with van der Waals surface area (Å²) in [5.41, 5.74) is 3.68. The molecule has 1 N–H and O–H groups in total. The Labute approximate surface area is 173 Å². The molecule has 0 aliphatic carbocycles. The summed E-state index contributed by atoms with van der Waals surface area (Å²) in [5, 5.41) is 7.24. The molecule has 154 valence electrons. The molecule has 0 saturated carbocycles. The second kappa shape index (κ2) is 8.44. The summed E-state index contributed by atoms with van der Waals surface area (Å²) in [6.07, 6.45) is 6.08. The summed E-state index contributed by atoms with van der Waals surface area (Å²) in [6.45, 7) is 2.73. The van der Waals surface area contributed by atoms with Crippen molar-refractivity contribution in [1.29, 1.82) is 0 Å². The van der Waals surface area contributed by atoms with Gasteiger partial charge < -0.3 is 5.32 Å². The molecule has 1 aliphatic rings. The molecular weight excluding hydrogens is 382 g/mol. The van der Waals surface area contributed by atoms with Crippen LogP contribution in [-0.2, 0) is 11.2 Å². The molecule has 0 radical (unpaired) electrons. The van der Waals surface area contributed by atoms with E-state index < -0.39 is 0 Å². The van der Waals surface area contributed by atoms with Crippen molar-refractivity contribution in [3.63, 3.8) is 0 Å². The smallest absolute Gasteiger partial charge is 0.261 e. The number of aromatic nitrogens is 3. The number of rotatable bonds is 8. The molecule has 1 aromatic carbocycles. The minimum Gasteiger partial charge on any atom is -0.356 e. The molecule has 0 saturated heterocycles. The van der Waals surface area contributed by atoms with Crippen molar-refractivity contribution >= 4 is 23.4 Å². The van der Waals surface area contributed by atoms with E-state index in [-0.39, 0.29) is 30.7 Å². The van der Waals surface area contributed by atoms with Gasteiger partial charge in [-0.25, -0.2) is 9.50 Å². The number of carbonyl (C=O) groups excluding carboxylic acids is 3. The number of imide groups is 1. The third-order valence-electron chi connectivity index (χ3n) is 5.12. The Bertz CT molecular complexity index is 1090. The van der Waals surface area contributed by atoms with Gasteiger partial charge in [0.05, 0.1) is 16.8 Å². The fraction of sp³-hybridized carbons (Fsp3) is 0.318. The quantitative estimate of drug-likeness (QED) is 0.458. The van der Waals surface area contributed by atoms with Gasteiger partial charge in [-0.05, 0) is 43.9 Å². The average Bonchev–Trinajstić information content (AvgIpc) is 3.23. The fourth-order valence-electron chi connectivity index (χ4n) is 3.61. The van der Waals surface area contributed by atoms with Crippen LogP contribution in [0.15, 0.2) is 42.7 Å². The molecule has 30 heavy (non-hydrogen) atoms. The highest BCUT2D eigenvalue weighted by atomic mass is 16.2. The normalized spacial score (nSPS) is 13.2. The Kier molecular flexibility index (Phi) is 5.56. The second-order valence-corrected chi connectivity index (χ2v) is 7.42. The summed E-state index contributed by atoms with van der Waals surface area (Å²) in [6, 6.07) is 8.72. The van der Waals surface area contributed by atoms with Crippen LogP contribution in [0.3, 0.4) is 0 Å². The molecule has 0 fully saturated rings. The predicted octanol–water partition coefficient (Wildman–Crippen LogP) is 2.16. The van der Waals surface area contributed by atoms with Gasteiger partial charge in [0.2, 0.25) is 5.91 Å². The van der Waals surface area contributed by atoms with Crippen molar-refractivity contribution in [1.82, 2.24) is 24.8 Å². The minimum absolute atomic E-state index is 0.0807. The highest BCUT2D eigenvalue weighted by Gasteiger charge is 2.34. The number of nitrogens with one attached hydrogen (secondary N) is 1. The van der Waals surface area contributed by atoms with Crippen molar-refractivity contribution in [2.45, 2.75) is 32.6 Å². The molecule has 3 heterocycles. The highest BCUT2D eigenvalue weighted by molar-refractivity contribution is 6.21. The standard InChI is InChI=1S/C22H23N5O3/c1-15-12-19-24-13-16(14-27(19)25-15)6-4-10-23-20(28)9-5-11-26-21(29)17-7-2-3-8-18(17)22(26)30/h2-3,7-8,12-14H,4-6,9-11H2,1H3,(H,23,28). The maximum Gasteiger partial charge on any atom is 0.261 e. The zero-order valence-electron chi connectivity index (χ0n) is 16.8. The summed E-state index contributed by atoms with van der Waals surface area (Å²) in [5.74, 6) is -0.647. The third-order valence-corrected chi connectivity index (χ3v) is 5.12. The van der Waals surface area contributed by atoms with E-state index in [1.54, 1.807) is 28.8 Å². The van der Waals surface area contributed by atoms with Crippen LogP contribution in [0.5, 0.6) is 0 Å². The minimum atomic E-state index is -0.283. The monoisotopic (exact) mass is 405 g/mol. The molecule has 3 aromatic rings. The van der Waals surface area contributed by atoms with Gasteiger partial charge in [-0.3, -0.25) is 19.3 Å². The summed E-state index contributed by atoms with van der Waals surface area (Å²) in [7, 11) is 0. The number of aryl methyl sites for hydroxylation is 2. The van der Waals surface area contributed by atoms with Gasteiger partial charge in [-0.1, -0.05) is 12.1 Å². The number of benzene rings is 1. The van der Waals surface area contributed by atoms with Crippen LogP contribution in [0.2, 0.25) is 0 Å². The first kappa shape index (κ1) is 19.8. The van der Waals surface area contributed by atoms with Gasteiger partial charge in [-0.2, -0.15) is 5.10 Å². The van der Waals surface area contributed by atoms with Crippen molar-refractivity contribution in [3.05, 3.63) is 65.1 Å². The molecule has 0 unspecified atom stereocenters. The first-order chi connectivity index (χ1) is 14.5. The lowest BCUT2D eigenvalue weighted by molar-refractivity contribution is -0.121. The van der Waals surface area contributed by atoms with Gasteiger partial charge in [0.15, 0.2) is 5.65 Å². The number of carbonyl (C=O) groups is 3. The average molecular weight is 405 g/mol. The Morgan fingerprint density at radius 2 is 1.83 bits per heavy atom. The van der Waals surface area contributed by atoms with Gasteiger partial charge in [0, 0.05) is 38.0 Å². The summed E-state index contributed by atoms with van der Waals surface area (Å²) >= 11 is 0. The number of amides is 3. The number of hydrogen-bond acceptors (Lipinski definition) is 5. The van der Waals surface area contributed by atoms with Crippen LogP contribution in [0.1, 0.15) is 51.2 Å². The van der Waals surface area contributed by atoms with E-state index in [4.69, 9.17) is 0 Å². The largest absolute Gasteiger partial charge is 0.356 e. The molecule has 4 rings (SSSR count). The second-order valence-electron chi connectivity index (χ2n) is 7.42. The van der Waals surface area contributed by atoms with Crippen LogP contribution in [-0.4, -0.2) is 50.3 Å². The van der Waals surface area contributed by atoms with E-state index in [1.807, 2.05) is 25.4 Å². The maximum absolute atomic E-state index is 12.3. The van der Waals surface area contributed by atoms with Gasteiger partial charge >= 0.3 is 0 Å². The lowest BCUT2D eigenvalue weighted by Crippen LogP contribution is -2.32. The molecule has 3 amide bonds. The van der Waals surface area contributed by atoms with Crippen LogP contribution in [0.25, 0.3) is 5.65 Å². The molecule has 8 heteroatoms. The van der Waals surface area contributed by atoms with E-state index in [1.165, 1.54) is 4.90 Å². The molecule has 0 atom stereocenters. The lowest BCUT2D eigenvalue weighted by Gasteiger charge is -2.13. The molecule has 8 nitrogen and oxygen atoms in total. The van der Waals surface area contributed by atoms with Crippen molar-refractivity contribution in [2.75, 3.05) is 13.1 Å². The van der Waals surface area contributed by atoms with E-state index in [0.717, 1.165) is 29.7 Å². The number of hydrogen-bond donors (Lipinski definition) is 1. The topological polar surface area (TPSA) is 96.7 Å². The fourth-order valence-corrected chi connectivity index (χ4v) is 3.61.